The summed E-state index contributed by atoms with van der Waals surface area (Å²) < 4.78 is 12.2. The van der Waals surface area contributed by atoms with Crippen molar-refractivity contribution < 1.29 is 23.9 Å². The number of carbonyl (C=O) groups excluding carboxylic acids is 3. The number of ether oxygens (including phenoxy) is 2. The summed E-state index contributed by atoms with van der Waals surface area (Å²) in [6.45, 7) is 5.92. The first kappa shape index (κ1) is 22.4. The van der Waals surface area contributed by atoms with Crippen LogP contribution >= 0.6 is 11.3 Å². The van der Waals surface area contributed by atoms with E-state index >= 15 is 0 Å². The van der Waals surface area contributed by atoms with Gasteiger partial charge in [0.1, 0.15) is 6.54 Å². The van der Waals surface area contributed by atoms with Gasteiger partial charge in [0.25, 0.3) is 5.91 Å². The van der Waals surface area contributed by atoms with Crippen LogP contribution in [0.25, 0.3) is 10.2 Å². The Labute approximate surface area is 183 Å². The summed E-state index contributed by atoms with van der Waals surface area (Å²) in [5.41, 5.74) is 4.21. The van der Waals surface area contributed by atoms with Crippen molar-refractivity contribution in [2.24, 2.45) is 4.99 Å². The molecule has 8 heteroatoms. The molecule has 0 bridgehead atoms. The monoisotopic (exact) mass is 440 g/mol. The zero-order valence-corrected chi connectivity index (χ0v) is 18.7. The van der Waals surface area contributed by atoms with Gasteiger partial charge in [-0.2, -0.15) is 4.99 Å². The molecule has 0 N–H and O–H groups in total. The minimum absolute atomic E-state index is 0.0822. The van der Waals surface area contributed by atoms with Gasteiger partial charge in [0.05, 0.1) is 35.9 Å². The molecule has 1 heterocycles. The fourth-order valence-electron chi connectivity index (χ4n) is 3.13. The number of hydrogen-bond acceptors (Lipinski definition) is 6. The smallest absolute Gasteiger partial charge is 0.337 e. The van der Waals surface area contributed by atoms with Crippen molar-refractivity contribution in [2.45, 2.75) is 33.7 Å². The van der Waals surface area contributed by atoms with Crippen LogP contribution in [0.1, 0.15) is 34.0 Å². The standard InChI is InChI=1S/C23H24N2O5S/c1-5-30-21(27)13-25-18-9-8-17(22(28)29-4)12-19(18)31-23(25)24-20(26)11-16-7-6-14(2)15(3)10-16/h6-10,12H,5,11,13H2,1-4H3. The number of nitrogens with zero attached hydrogens (tertiary/aromatic N) is 2. The van der Waals surface area contributed by atoms with Crippen molar-refractivity contribution in [2.75, 3.05) is 13.7 Å². The summed E-state index contributed by atoms with van der Waals surface area (Å²) in [6.07, 6.45) is 0.155. The molecule has 0 unspecified atom stereocenters. The number of rotatable bonds is 6. The lowest BCUT2D eigenvalue weighted by atomic mass is 10.0. The van der Waals surface area contributed by atoms with E-state index in [0.29, 0.717) is 20.6 Å². The average molecular weight is 441 g/mol. The molecule has 0 saturated heterocycles. The topological polar surface area (TPSA) is 87.0 Å². The van der Waals surface area contributed by atoms with Gasteiger partial charge in [0.2, 0.25) is 0 Å². The highest BCUT2D eigenvalue weighted by Crippen LogP contribution is 2.20. The molecule has 0 fully saturated rings. The Bertz CT molecular complexity index is 1220. The lowest BCUT2D eigenvalue weighted by Crippen LogP contribution is -2.23. The highest BCUT2D eigenvalue weighted by molar-refractivity contribution is 7.16. The number of carbonyl (C=O) groups is 3. The predicted molar refractivity (Wildman–Crippen MR) is 118 cm³/mol. The fourth-order valence-corrected chi connectivity index (χ4v) is 4.21. The second kappa shape index (κ2) is 9.70. The number of esters is 2. The van der Waals surface area contributed by atoms with Gasteiger partial charge in [0, 0.05) is 0 Å². The summed E-state index contributed by atoms with van der Waals surface area (Å²) in [7, 11) is 1.31. The number of benzene rings is 2. The molecule has 0 aliphatic carbocycles. The molecule has 0 spiro atoms. The van der Waals surface area contributed by atoms with E-state index in [1.165, 1.54) is 18.4 Å². The Morgan fingerprint density at radius 3 is 2.52 bits per heavy atom. The van der Waals surface area contributed by atoms with E-state index < -0.39 is 11.9 Å². The van der Waals surface area contributed by atoms with E-state index in [1.54, 1.807) is 29.7 Å². The molecular weight excluding hydrogens is 416 g/mol. The van der Waals surface area contributed by atoms with Crippen molar-refractivity contribution in [1.29, 1.82) is 0 Å². The Morgan fingerprint density at radius 2 is 1.84 bits per heavy atom. The Hall–Kier alpha value is -3.26. The largest absolute Gasteiger partial charge is 0.465 e. The molecule has 0 saturated carbocycles. The van der Waals surface area contributed by atoms with Crippen LogP contribution in [0.15, 0.2) is 41.4 Å². The normalized spacial score (nSPS) is 11.5. The quantitative estimate of drug-likeness (QED) is 0.549. The summed E-state index contributed by atoms with van der Waals surface area (Å²) in [5, 5.41) is 0. The maximum absolute atomic E-state index is 12.7. The first-order chi connectivity index (χ1) is 14.8. The summed E-state index contributed by atoms with van der Waals surface area (Å²) in [5.74, 6) is -1.21. The molecular formula is C23H24N2O5S. The second-order valence-electron chi connectivity index (χ2n) is 7.05. The molecule has 0 aliphatic heterocycles. The van der Waals surface area contributed by atoms with Crippen LogP contribution in [-0.4, -0.2) is 36.1 Å². The van der Waals surface area contributed by atoms with E-state index in [1.807, 2.05) is 32.0 Å². The summed E-state index contributed by atoms with van der Waals surface area (Å²) >= 11 is 1.23. The van der Waals surface area contributed by atoms with Crippen molar-refractivity contribution in [1.82, 2.24) is 4.57 Å². The molecule has 31 heavy (non-hydrogen) atoms. The average Bonchev–Trinajstić information content (AvgIpc) is 3.06. The highest BCUT2D eigenvalue weighted by Gasteiger charge is 2.15. The lowest BCUT2D eigenvalue weighted by Gasteiger charge is -2.06. The van der Waals surface area contributed by atoms with Crippen LogP contribution in [0.4, 0.5) is 0 Å². The Kier molecular flexibility index (Phi) is 7.02. The predicted octanol–water partition coefficient (Wildman–Crippen LogP) is 3.34. The number of hydrogen-bond donors (Lipinski definition) is 0. The van der Waals surface area contributed by atoms with Gasteiger partial charge in [-0.25, -0.2) is 4.79 Å². The third-order valence-electron chi connectivity index (χ3n) is 4.84. The van der Waals surface area contributed by atoms with Crippen molar-refractivity contribution in [3.8, 4) is 0 Å². The van der Waals surface area contributed by atoms with Crippen LogP contribution < -0.4 is 4.80 Å². The molecule has 0 aliphatic rings. The zero-order chi connectivity index (χ0) is 22.5. The van der Waals surface area contributed by atoms with E-state index in [4.69, 9.17) is 9.47 Å². The van der Waals surface area contributed by atoms with Gasteiger partial charge in [-0.15, -0.1) is 0 Å². The summed E-state index contributed by atoms with van der Waals surface area (Å²) in [6, 6.07) is 10.9. The third-order valence-corrected chi connectivity index (χ3v) is 5.88. The van der Waals surface area contributed by atoms with Crippen LogP contribution in [0.3, 0.4) is 0 Å². The molecule has 0 radical (unpaired) electrons. The molecule has 0 atom stereocenters. The minimum Gasteiger partial charge on any atom is -0.465 e. The number of fused-ring (bicyclic) bond motifs is 1. The van der Waals surface area contributed by atoms with Crippen LogP contribution in [0.2, 0.25) is 0 Å². The van der Waals surface area contributed by atoms with Crippen molar-refractivity contribution in [3.63, 3.8) is 0 Å². The number of aryl methyl sites for hydroxylation is 2. The van der Waals surface area contributed by atoms with Crippen LogP contribution in [0.5, 0.6) is 0 Å². The van der Waals surface area contributed by atoms with E-state index in [-0.39, 0.29) is 25.5 Å². The SMILES string of the molecule is CCOC(=O)Cn1c(=NC(=O)Cc2ccc(C)c(C)c2)sc2cc(C(=O)OC)ccc21. The van der Waals surface area contributed by atoms with E-state index in [9.17, 15) is 14.4 Å². The van der Waals surface area contributed by atoms with E-state index in [0.717, 1.165) is 16.7 Å². The summed E-state index contributed by atoms with van der Waals surface area (Å²) in [4.78, 5) is 41.3. The third kappa shape index (κ3) is 5.27. The lowest BCUT2D eigenvalue weighted by molar-refractivity contribution is -0.143. The maximum atomic E-state index is 12.7. The number of aromatic nitrogens is 1. The number of thiazole rings is 1. The van der Waals surface area contributed by atoms with Crippen LogP contribution in [0, 0.1) is 13.8 Å². The number of amides is 1. The first-order valence-corrected chi connectivity index (χ1v) is 10.6. The Morgan fingerprint density at radius 1 is 1.06 bits per heavy atom. The van der Waals surface area contributed by atoms with Crippen molar-refractivity contribution in [3.05, 3.63) is 63.5 Å². The zero-order valence-electron chi connectivity index (χ0n) is 17.9. The highest BCUT2D eigenvalue weighted by atomic mass is 32.1. The first-order valence-electron chi connectivity index (χ1n) is 9.83. The molecule has 2 aromatic carbocycles. The van der Waals surface area contributed by atoms with Crippen LogP contribution in [-0.2, 0) is 32.0 Å². The minimum atomic E-state index is -0.462. The maximum Gasteiger partial charge on any atom is 0.337 e. The molecule has 1 aromatic heterocycles. The van der Waals surface area contributed by atoms with Gasteiger partial charge >= 0.3 is 11.9 Å². The Balaban J connectivity index is 2.02. The molecule has 1 amide bonds. The van der Waals surface area contributed by atoms with Gasteiger partial charge < -0.3 is 14.0 Å². The fraction of sp³-hybridized carbons (Fsp3) is 0.304. The van der Waals surface area contributed by atoms with Crippen molar-refractivity contribution >= 4 is 39.4 Å². The molecule has 162 valence electrons. The van der Waals surface area contributed by atoms with Gasteiger partial charge in [0.15, 0.2) is 4.80 Å². The van der Waals surface area contributed by atoms with Gasteiger partial charge in [-0.1, -0.05) is 29.5 Å². The second-order valence-corrected chi connectivity index (χ2v) is 8.06. The van der Waals surface area contributed by atoms with E-state index in [2.05, 4.69) is 4.99 Å². The molecule has 3 aromatic rings. The van der Waals surface area contributed by atoms with Gasteiger partial charge in [-0.3, -0.25) is 9.59 Å². The molecule has 7 nitrogen and oxygen atoms in total. The van der Waals surface area contributed by atoms with Gasteiger partial charge in [-0.05, 0) is 55.7 Å². The molecule has 3 rings (SSSR count). The number of methoxy groups -OCH3 is 1.